The second-order valence-corrected chi connectivity index (χ2v) is 8.19. The first-order valence-corrected chi connectivity index (χ1v) is 10.4. The molecule has 6 rings (SSSR count). The lowest BCUT2D eigenvalue weighted by Crippen LogP contribution is -1.96. The molecule has 0 saturated carbocycles. The Kier molecular flexibility index (Phi) is 3.65. The summed E-state index contributed by atoms with van der Waals surface area (Å²) in [7, 11) is 0. The van der Waals surface area contributed by atoms with Gasteiger partial charge in [0.2, 0.25) is 0 Å². The maximum absolute atomic E-state index is 3.63. The average Bonchev–Trinajstić information content (AvgIpc) is 3.33. The summed E-state index contributed by atoms with van der Waals surface area (Å²) in [6, 6.07) is 34.5. The highest BCUT2D eigenvalue weighted by Gasteiger charge is 2.13. The largest absolute Gasteiger partial charge is 0.316 e. The van der Waals surface area contributed by atoms with Gasteiger partial charge in [-0.1, -0.05) is 58.4 Å². The summed E-state index contributed by atoms with van der Waals surface area (Å²) in [4.78, 5) is 0. The van der Waals surface area contributed by atoms with Gasteiger partial charge in [0.15, 0.2) is 0 Å². The van der Waals surface area contributed by atoms with Crippen LogP contribution in [0.3, 0.4) is 0 Å². The van der Waals surface area contributed by atoms with Gasteiger partial charge in [-0.25, -0.2) is 0 Å². The Bertz CT molecular complexity index is 1510. The van der Waals surface area contributed by atoms with Crippen LogP contribution in [0.15, 0.2) is 108 Å². The van der Waals surface area contributed by atoms with Crippen LogP contribution in [0, 0.1) is 0 Å². The zero-order valence-corrected chi connectivity index (χ0v) is 17.2. The summed E-state index contributed by atoms with van der Waals surface area (Å²) >= 11 is 3.63. The maximum atomic E-state index is 3.63. The van der Waals surface area contributed by atoms with E-state index in [2.05, 4.69) is 128 Å². The number of benzene rings is 4. The predicted molar refractivity (Wildman–Crippen MR) is 125 cm³/mol. The minimum atomic E-state index is 1.10. The van der Waals surface area contributed by atoms with E-state index in [-0.39, 0.29) is 0 Å². The van der Waals surface area contributed by atoms with Gasteiger partial charge >= 0.3 is 0 Å². The predicted octanol–water partition coefficient (Wildman–Crippen LogP) is 7.49. The molecule has 6 aromatic rings. The number of nitrogens with zero attached hydrogens (tertiary/aromatic N) is 2. The number of fused-ring (bicyclic) bond motifs is 4. The van der Waals surface area contributed by atoms with E-state index >= 15 is 0 Å². The van der Waals surface area contributed by atoms with Crippen molar-refractivity contribution in [2.45, 2.75) is 0 Å². The summed E-state index contributed by atoms with van der Waals surface area (Å²) in [5.74, 6) is 0. The maximum Gasteiger partial charge on any atom is 0.0549 e. The Labute approximate surface area is 176 Å². The molecule has 0 N–H and O–H groups in total. The third-order valence-corrected chi connectivity index (χ3v) is 6.10. The number of hydrogen-bond acceptors (Lipinski definition) is 0. The molecule has 3 heteroatoms. The van der Waals surface area contributed by atoms with Gasteiger partial charge in [0.05, 0.1) is 16.6 Å². The van der Waals surface area contributed by atoms with E-state index in [1.54, 1.807) is 0 Å². The van der Waals surface area contributed by atoms with Crippen molar-refractivity contribution in [3.05, 3.63) is 108 Å². The number of aromatic nitrogens is 2. The van der Waals surface area contributed by atoms with Crippen molar-refractivity contribution in [2.75, 3.05) is 0 Å². The van der Waals surface area contributed by atoms with Gasteiger partial charge in [0.25, 0.3) is 0 Å². The fourth-order valence-electron chi connectivity index (χ4n) is 4.29. The normalized spacial score (nSPS) is 11.6. The molecule has 0 saturated heterocycles. The molecule has 2 nitrogen and oxygen atoms in total. The van der Waals surface area contributed by atoms with E-state index in [0.717, 1.165) is 4.47 Å². The first kappa shape index (κ1) is 16.6. The molecule has 0 unspecified atom stereocenters. The van der Waals surface area contributed by atoms with Gasteiger partial charge in [0, 0.05) is 38.2 Å². The molecule has 0 radical (unpaired) electrons. The fraction of sp³-hybridized carbons (Fsp3) is 0. The standard InChI is InChI=1S/C26H17BrN2/c27-19-11-13-25-23(16-19)22-8-4-5-9-24(22)29(25)21-12-10-18-14-15-28(26(18)17-21)20-6-2-1-3-7-20/h1-17H. The second kappa shape index (κ2) is 6.36. The molecule has 4 aromatic carbocycles. The van der Waals surface area contributed by atoms with E-state index in [1.165, 1.54) is 44.1 Å². The van der Waals surface area contributed by atoms with Crippen molar-refractivity contribution in [1.82, 2.24) is 9.13 Å². The smallest absolute Gasteiger partial charge is 0.0549 e. The van der Waals surface area contributed by atoms with Crippen molar-refractivity contribution in [2.24, 2.45) is 0 Å². The number of para-hydroxylation sites is 2. The molecule has 138 valence electrons. The van der Waals surface area contributed by atoms with Gasteiger partial charge < -0.3 is 9.13 Å². The minimum absolute atomic E-state index is 1.10. The third-order valence-electron chi connectivity index (χ3n) is 5.60. The monoisotopic (exact) mass is 436 g/mol. The minimum Gasteiger partial charge on any atom is -0.316 e. The van der Waals surface area contributed by atoms with E-state index in [1.807, 2.05) is 0 Å². The zero-order valence-electron chi connectivity index (χ0n) is 15.6. The van der Waals surface area contributed by atoms with Crippen LogP contribution in [0.4, 0.5) is 0 Å². The molecule has 0 aliphatic heterocycles. The fourth-order valence-corrected chi connectivity index (χ4v) is 4.65. The Hall–Kier alpha value is -3.30. The summed E-state index contributed by atoms with van der Waals surface area (Å²) in [5.41, 5.74) is 5.98. The van der Waals surface area contributed by atoms with Gasteiger partial charge in [0.1, 0.15) is 0 Å². The average molecular weight is 437 g/mol. The first-order valence-electron chi connectivity index (χ1n) is 9.65. The van der Waals surface area contributed by atoms with Crippen LogP contribution in [0.1, 0.15) is 0 Å². The van der Waals surface area contributed by atoms with Crippen LogP contribution in [-0.4, -0.2) is 9.13 Å². The quantitative estimate of drug-likeness (QED) is 0.266. The molecule has 0 bridgehead atoms. The molecular weight excluding hydrogens is 420 g/mol. The van der Waals surface area contributed by atoms with Gasteiger partial charge in [-0.05, 0) is 54.6 Å². The van der Waals surface area contributed by atoms with E-state index < -0.39 is 0 Å². The lowest BCUT2D eigenvalue weighted by atomic mass is 10.2. The van der Waals surface area contributed by atoms with Crippen LogP contribution < -0.4 is 0 Å². The molecule has 0 aliphatic rings. The summed E-state index contributed by atoms with van der Waals surface area (Å²) in [5, 5.41) is 3.76. The molecule has 0 fully saturated rings. The van der Waals surface area contributed by atoms with Crippen LogP contribution in [0.25, 0.3) is 44.1 Å². The summed E-state index contributed by atoms with van der Waals surface area (Å²) < 4.78 is 5.71. The zero-order chi connectivity index (χ0) is 19.4. The highest BCUT2D eigenvalue weighted by atomic mass is 79.9. The Morgan fingerprint density at radius 2 is 1.34 bits per heavy atom. The lowest BCUT2D eigenvalue weighted by Gasteiger charge is -2.10. The van der Waals surface area contributed by atoms with Crippen molar-refractivity contribution >= 4 is 48.6 Å². The Balaban J connectivity index is 1.67. The first-order chi connectivity index (χ1) is 14.3. The Morgan fingerprint density at radius 1 is 0.552 bits per heavy atom. The van der Waals surface area contributed by atoms with Gasteiger partial charge in [-0.2, -0.15) is 0 Å². The van der Waals surface area contributed by atoms with Crippen LogP contribution in [0.5, 0.6) is 0 Å². The summed E-state index contributed by atoms with van der Waals surface area (Å²) in [6.45, 7) is 0. The highest BCUT2D eigenvalue weighted by Crippen LogP contribution is 2.34. The van der Waals surface area contributed by atoms with Crippen molar-refractivity contribution in [3.8, 4) is 11.4 Å². The van der Waals surface area contributed by atoms with Crippen molar-refractivity contribution in [1.29, 1.82) is 0 Å². The second-order valence-electron chi connectivity index (χ2n) is 7.28. The molecule has 0 amide bonds. The number of rotatable bonds is 2. The molecule has 0 aliphatic carbocycles. The molecule has 29 heavy (non-hydrogen) atoms. The number of halogens is 1. The topological polar surface area (TPSA) is 9.86 Å². The van der Waals surface area contributed by atoms with E-state index in [0.29, 0.717) is 0 Å². The van der Waals surface area contributed by atoms with Crippen molar-refractivity contribution < 1.29 is 0 Å². The highest BCUT2D eigenvalue weighted by molar-refractivity contribution is 9.10. The number of hydrogen-bond donors (Lipinski definition) is 0. The van der Waals surface area contributed by atoms with Crippen molar-refractivity contribution in [3.63, 3.8) is 0 Å². The van der Waals surface area contributed by atoms with Crippen LogP contribution in [-0.2, 0) is 0 Å². The van der Waals surface area contributed by atoms with Crippen LogP contribution in [0.2, 0.25) is 0 Å². The SMILES string of the molecule is Brc1ccc2c(c1)c1ccccc1n2-c1ccc2ccn(-c3ccccc3)c2c1. The molecule has 0 spiro atoms. The Morgan fingerprint density at radius 3 is 2.24 bits per heavy atom. The van der Waals surface area contributed by atoms with Gasteiger partial charge in [-0.15, -0.1) is 0 Å². The van der Waals surface area contributed by atoms with E-state index in [9.17, 15) is 0 Å². The molecule has 0 atom stereocenters. The lowest BCUT2D eigenvalue weighted by molar-refractivity contribution is 1.12. The summed E-state index contributed by atoms with van der Waals surface area (Å²) in [6.07, 6.45) is 2.15. The van der Waals surface area contributed by atoms with Crippen LogP contribution >= 0.6 is 15.9 Å². The van der Waals surface area contributed by atoms with E-state index in [4.69, 9.17) is 0 Å². The molecular formula is C26H17BrN2. The molecule has 2 heterocycles. The third kappa shape index (κ3) is 2.55. The molecule has 2 aromatic heterocycles. The van der Waals surface area contributed by atoms with Gasteiger partial charge in [-0.3, -0.25) is 0 Å².